The molecule has 4 nitrogen and oxygen atoms in total. The van der Waals surface area contributed by atoms with Crippen molar-refractivity contribution in [3.05, 3.63) is 75.5 Å². The second-order valence-electron chi connectivity index (χ2n) is 5.54. The van der Waals surface area contributed by atoms with Crippen LogP contribution in [0.4, 0.5) is 5.69 Å². The van der Waals surface area contributed by atoms with Gasteiger partial charge in [-0.3, -0.25) is 4.79 Å². The van der Waals surface area contributed by atoms with E-state index in [4.69, 9.17) is 32.7 Å². The number of carbonyl (C=O) groups excluding carboxylic acids is 1. The first-order valence-electron chi connectivity index (χ1n) is 7.55. The van der Waals surface area contributed by atoms with Crippen molar-refractivity contribution in [2.75, 3.05) is 5.32 Å². The van der Waals surface area contributed by atoms with E-state index in [9.17, 15) is 4.79 Å². The highest BCUT2D eigenvalue weighted by Crippen LogP contribution is 2.30. The van der Waals surface area contributed by atoms with Crippen molar-refractivity contribution in [1.82, 2.24) is 0 Å². The molecule has 0 atom stereocenters. The third kappa shape index (κ3) is 3.87. The van der Waals surface area contributed by atoms with Crippen LogP contribution in [0.2, 0.25) is 10.0 Å². The summed E-state index contributed by atoms with van der Waals surface area (Å²) >= 11 is 12.3. The summed E-state index contributed by atoms with van der Waals surface area (Å²) in [5, 5.41) is 12.8. The molecule has 2 N–H and O–H groups in total. The minimum atomic E-state index is -0.309. The van der Waals surface area contributed by atoms with Crippen molar-refractivity contribution < 1.29 is 14.3 Å². The molecule has 0 spiro atoms. The SMILES string of the molecule is Cc1ccc(C(=O)Nc2cc(-c3ccc(CO)o3)ccc2Cl)cc1Cl. The lowest BCUT2D eigenvalue weighted by molar-refractivity contribution is 0.102. The second kappa shape index (κ2) is 7.31. The summed E-state index contributed by atoms with van der Waals surface area (Å²) in [6, 6.07) is 13.7. The lowest BCUT2D eigenvalue weighted by atomic mass is 10.1. The molecule has 0 aliphatic heterocycles. The second-order valence-corrected chi connectivity index (χ2v) is 6.35. The van der Waals surface area contributed by atoms with Crippen LogP contribution in [0, 0.1) is 6.92 Å². The van der Waals surface area contributed by atoms with Gasteiger partial charge in [0.15, 0.2) is 0 Å². The molecule has 2 aromatic carbocycles. The Bertz CT molecular complexity index is 934. The topological polar surface area (TPSA) is 62.5 Å². The van der Waals surface area contributed by atoms with E-state index in [-0.39, 0.29) is 12.5 Å². The molecule has 0 saturated carbocycles. The highest BCUT2D eigenvalue weighted by atomic mass is 35.5. The first-order chi connectivity index (χ1) is 12.0. The number of carbonyl (C=O) groups is 1. The highest BCUT2D eigenvalue weighted by Gasteiger charge is 2.12. The molecule has 3 aromatic rings. The van der Waals surface area contributed by atoms with E-state index in [0.29, 0.717) is 32.8 Å². The minimum Gasteiger partial charge on any atom is -0.459 e. The fourth-order valence-corrected chi connectivity index (χ4v) is 2.67. The van der Waals surface area contributed by atoms with E-state index in [1.807, 2.05) is 6.92 Å². The van der Waals surface area contributed by atoms with E-state index in [1.165, 1.54) is 0 Å². The Labute approximate surface area is 155 Å². The number of hydrogen-bond acceptors (Lipinski definition) is 3. The molecule has 25 heavy (non-hydrogen) atoms. The van der Waals surface area contributed by atoms with Gasteiger partial charge in [-0.05, 0) is 55.0 Å². The number of halogens is 2. The first-order valence-corrected chi connectivity index (χ1v) is 8.30. The molecule has 0 saturated heterocycles. The number of aryl methyl sites for hydroxylation is 1. The van der Waals surface area contributed by atoms with Crippen LogP contribution in [0.15, 0.2) is 52.9 Å². The number of aliphatic hydroxyl groups is 1. The number of nitrogens with one attached hydrogen (secondary N) is 1. The van der Waals surface area contributed by atoms with Crippen LogP contribution in [0.5, 0.6) is 0 Å². The van der Waals surface area contributed by atoms with Crippen LogP contribution in [0.3, 0.4) is 0 Å². The number of rotatable bonds is 4. The third-order valence-electron chi connectivity index (χ3n) is 3.75. The normalized spacial score (nSPS) is 10.7. The van der Waals surface area contributed by atoms with E-state index in [2.05, 4.69) is 5.32 Å². The molecular weight excluding hydrogens is 361 g/mol. The molecule has 128 valence electrons. The van der Waals surface area contributed by atoms with Gasteiger partial charge in [-0.1, -0.05) is 29.3 Å². The lowest BCUT2D eigenvalue weighted by Gasteiger charge is -2.10. The van der Waals surface area contributed by atoms with Crippen LogP contribution in [-0.2, 0) is 6.61 Å². The molecule has 0 aliphatic rings. The maximum absolute atomic E-state index is 12.4. The van der Waals surface area contributed by atoms with Crippen LogP contribution >= 0.6 is 23.2 Å². The minimum absolute atomic E-state index is 0.175. The third-order valence-corrected chi connectivity index (χ3v) is 4.49. The van der Waals surface area contributed by atoms with Crippen molar-refractivity contribution in [3.63, 3.8) is 0 Å². The van der Waals surface area contributed by atoms with Gasteiger partial charge in [-0.15, -0.1) is 0 Å². The van der Waals surface area contributed by atoms with Crippen LogP contribution in [-0.4, -0.2) is 11.0 Å². The van der Waals surface area contributed by atoms with Gasteiger partial charge in [0.25, 0.3) is 5.91 Å². The molecule has 0 bridgehead atoms. The molecule has 1 heterocycles. The van der Waals surface area contributed by atoms with Crippen molar-refractivity contribution >= 4 is 34.8 Å². The van der Waals surface area contributed by atoms with Crippen molar-refractivity contribution in [1.29, 1.82) is 0 Å². The zero-order valence-electron chi connectivity index (χ0n) is 13.3. The van der Waals surface area contributed by atoms with Crippen molar-refractivity contribution in [2.45, 2.75) is 13.5 Å². The monoisotopic (exact) mass is 375 g/mol. The molecule has 0 aliphatic carbocycles. The van der Waals surface area contributed by atoms with Crippen LogP contribution in [0.25, 0.3) is 11.3 Å². The molecular formula is C19H15Cl2NO3. The van der Waals surface area contributed by atoms with Gasteiger partial charge >= 0.3 is 0 Å². The number of aliphatic hydroxyl groups excluding tert-OH is 1. The zero-order valence-corrected chi connectivity index (χ0v) is 14.9. The number of amides is 1. The number of benzene rings is 2. The standard InChI is InChI=1S/C19H15Cl2NO3/c1-11-2-3-13(8-16(11)21)19(24)22-17-9-12(4-6-15(17)20)18-7-5-14(10-23)25-18/h2-9,23H,10H2,1H3,(H,22,24). The average Bonchev–Trinajstić information content (AvgIpc) is 3.08. The molecule has 3 rings (SSSR count). The molecule has 6 heteroatoms. The summed E-state index contributed by atoms with van der Waals surface area (Å²) in [6.45, 7) is 1.69. The van der Waals surface area contributed by atoms with E-state index in [0.717, 1.165) is 11.1 Å². The largest absolute Gasteiger partial charge is 0.459 e. The van der Waals surface area contributed by atoms with Gasteiger partial charge in [0.1, 0.15) is 18.1 Å². The maximum Gasteiger partial charge on any atom is 0.255 e. The van der Waals surface area contributed by atoms with Gasteiger partial charge in [0.2, 0.25) is 0 Å². The Morgan fingerprint density at radius 3 is 2.56 bits per heavy atom. The van der Waals surface area contributed by atoms with Gasteiger partial charge in [-0.2, -0.15) is 0 Å². The Morgan fingerprint density at radius 1 is 1.08 bits per heavy atom. The Morgan fingerprint density at radius 2 is 1.88 bits per heavy atom. The van der Waals surface area contributed by atoms with Gasteiger partial charge < -0.3 is 14.8 Å². The quantitative estimate of drug-likeness (QED) is 0.649. The fraction of sp³-hybridized carbons (Fsp3) is 0.105. The first kappa shape index (κ1) is 17.5. The summed E-state index contributed by atoms with van der Waals surface area (Å²) in [7, 11) is 0. The van der Waals surface area contributed by atoms with E-state index >= 15 is 0 Å². The van der Waals surface area contributed by atoms with Gasteiger partial charge in [0.05, 0.1) is 10.7 Å². The highest BCUT2D eigenvalue weighted by molar-refractivity contribution is 6.34. The van der Waals surface area contributed by atoms with Crippen molar-refractivity contribution in [3.8, 4) is 11.3 Å². The van der Waals surface area contributed by atoms with Crippen molar-refractivity contribution in [2.24, 2.45) is 0 Å². The molecule has 0 radical (unpaired) electrons. The molecule has 0 fully saturated rings. The zero-order chi connectivity index (χ0) is 18.0. The molecule has 0 unspecified atom stereocenters. The Hall–Kier alpha value is -2.27. The number of anilines is 1. The summed E-state index contributed by atoms with van der Waals surface area (Å²) in [5.41, 5.74) is 2.54. The average molecular weight is 376 g/mol. The summed E-state index contributed by atoms with van der Waals surface area (Å²) in [4.78, 5) is 12.4. The number of furan rings is 1. The molecule has 1 aromatic heterocycles. The van der Waals surface area contributed by atoms with Gasteiger partial charge in [0, 0.05) is 16.1 Å². The Kier molecular flexibility index (Phi) is 5.13. The Balaban J connectivity index is 1.87. The van der Waals surface area contributed by atoms with Crippen LogP contribution in [0.1, 0.15) is 21.7 Å². The molecule has 1 amide bonds. The van der Waals surface area contributed by atoms with Gasteiger partial charge in [-0.25, -0.2) is 0 Å². The summed E-state index contributed by atoms with van der Waals surface area (Å²) < 4.78 is 5.51. The smallest absolute Gasteiger partial charge is 0.255 e. The maximum atomic E-state index is 12.4. The summed E-state index contributed by atoms with van der Waals surface area (Å²) in [5.74, 6) is 0.732. The fourth-order valence-electron chi connectivity index (χ4n) is 2.32. The summed E-state index contributed by atoms with van der Waals surface area (Å²) in [6.07, 6.45) is 0. The van der Waals surface area contributed by atoms with Crippen LogP contribution < -0.4 is 5.32 Å². The predicted octanol–water partition coefficient (Wildman–Crippen LogP) is 5.31. The van der Waals surface area contributed by atoms with E-state index in [1.54, 1.807) is 48.5 Å². The lowest BCUT2D eigenvalue weighted by Crippen LogP contribution is -2.12. The number of hydrogen-bond donors (Lipinski definition) is 2. The van der Waals surface area contributed by atoms with E-state index < -0.39 is 0 Å². The predicted molar refractivity (Wildman–Crippen MR) is 99.2 cm³/mol.